The van der Waals surface area contributed by atoms with Gasteiger partial charge in [-0.1, -0.05) is 30.3 Å². The number of benzene rings is 2. The smallest absolute Gasteiger partial charge is 0.240 e. The Hall–Kier alpha value is -2.64. The number of rotatable bonds is 7. The normalized spacial score (nSPS) is 11.5. The van der Waals surface area contributed by atoms with Crippen LogP contribution in [0, 0.1) is 0 Å². The van der Waals surface area contributed by atoms with Crippen LogP contribution in [-0.2, 0) is 21.4 Å². The van der Waals surface area contributed by atoms with Gasteiger partial charge in [-0.05, 0) is 35.0 Å². The van der Waals surface area contributed by atoms with E-state index in [2.05, 4.69) is 10.0 Å². The maximum atomic E-state index is 12.3. The van der Waals surface area contributed by atoms with Gasteiger partial charge in [0.05, 0.1) is 17.7 Å². The molecule has 0 atom stereocenters. The van der Waals surface area contributed by atoms with Crippen molar-refractivity contribution >= 4 is 26.7 Å². The van der Waals surface area contributed by atoms with E-state index in [-0.39, 0.29) is 30.3 Å². The van der Waals surface area contributed by atoms with Crippen LogP contribution in [0.25, 0.3) is 10.8 Å². The molecule has 1 heterocycles. The Morgan fingerprint density at radius 1 is 1.00 bits per heavy atom. The number of furan rings is 1. The lowest BCUT2D eigenvalue weighted by Crippen LogP contribution is -2.30. The van der Waals surface area contributed by atoms with Crippen LogP contribution in [0.15, 0.2) is 70.2 Å². The van der Waals surface area contributed by atoms with Gasteiger partial charge in [0, 0.05) is 13.0 Å². The molecule has 0 fully saturated rings. The Labute approximate surface area is 145 Å². The Morgan fingerprint density at radius 2 is 1.80 bits per heavy atom. The molecule has 0 radical (unpaired) electrons. The molecule has 1 aromatic heterocycles. The predicted octanol–water partition coefficient (Wildman–Crippen LogP) is 2.42. The molecule has 0 saturated heterocycles. The molecular weight excluding hydrogens is 340 g/mol. The van der Waals surface area contributed by atoms with Crippen molar-refractivity contribution in [2.75, 3.05) is 6.54 Å². The molecule has 3 aromatic rings. The SMILES string of the molecule is O=C(CCNS(=O)(=O)c1ccc2ccccc2c1)NCc1ccco1. The minimum absolute atomic E-state index is 0.0269. The second-order valence-corrected chi connectivity index (χ2v) is 7.28. The fourth-order valence-corrected chi connectivity index (χ4v) is 3.47. The monoisotopic (exact) mass is 358 g/mol. The maximum Gasteiger partial charge on any atom is 0.240 e. The molecule has 0 aliphatic carbocycles. The van der Waals surface area contributed by atoms with Gasteiger partial charge in [-0.3, -0.25) is 4.79 Å². The zero-order valence-corrected chi connectivity index (χ0v) is 14.3. The van der Waals surface area contributed by atoms with Gasteiger partial charge in [0.1, 0.15) is 5.76 Å². The van der Waals surface area contributed by atoms with Gasteiger partial charge in [-0.25, -0.2) is 13.1 Å². The lowest BCUT2D eigenvalue weighted by Gasteiger charge is -2.08. The Kier molecular flexibility index (Phi) is 5.16. The third-order valence-corrected chi connectivity index (χ3v) is 5.17. The first-order chi connectivity index (χ1) is 12.0. The second-order valence-electron chi connectivity index (χ2n) is 5.51. The molecule has 7 heteroatoms. The first-order valence-corrected chi connectivity index (χ1v) is 9.30. The highest BCUT2D eigenvalue weighted by Gasteiger charge is 2.14. The third-order valence-electron chi connectivity index (χ3n) is 3.72. The third kappa shape index (κ3) is 4.46. The topological polar surface area (TPSA) is 88.4 Å². The molecule has 1 amide bonds. The van der Waals surface area contributed by atoms with Crippen molar-refractivity contribution in [3.63, 3.8) is 0 Å². The maximum absolute atomic E-state index is 12.3. The summed E-state index contributed by atoms with van der Waals surface area (Å²) >= 11 is 0. The van der Waals surface area contributed by atoms with Crippen LogP contribution in [0.4, 0.5) is 0 Å². The Balaban J connectivity index is 1.54. The van der Waals surface area contributed by atoms with E-state index in [9.17, 15) is 13.2 Å². The standard InChI is InChI=1S/C18H18N2O4S/c21-18(19-13-16-6-3-11-24-16)9-10-20-25(22,23)17-8-7-14-4-1-2-5-15(14)12-17/h1-8,11-12,20H,9-10,13H2,(H,19,21). The van der Waals surface area contributed by atoms with Crippen LogP contribution in [0.5, 0.6) is 0 Å². The molecule has 25 heavy (non-hydrogen) atoms. The molecule has 0 aliphatic heterocycles. The number of carbonyl (C=O) groups excluding carboxylic acids is 1. The van der Waals surface area contributed by atoms with Gasteiger partial charge in [0.2, 0.25) is 15.9 Å². The molecule has 0 unspecified atom stereocenters. The van der Waals surface area contributed by atoms with Crippen molar-refractivity contribution in [2.24, 2.45) is 0 Å². The molecule has 6 nitrogen and oxygen atoms in total. The summed E-state index contributed by atoms with van der Waals surface area (Å²) in [6.07, 6.45) is 1.58. The predicted molar refractivity (Wildman–Crippen MR) is 94.3 cm³/mol. The molecule has 2 aromatic carbocycles. The van der Waals surface area contributed by atoms with Gasteiger partial charge < -0.3 is 9.73 Å². The van der Waals surface area contributed by atoms with Crippen LogP contribution in [-0.4, -0.2) is 20.9 Å². The van der Waals surface area contributed by atoms with E-state index in [1.165, 1.54) is 6.26 Å². The van der Waals surface area contributed by atoms with E-state index in [0.717, 1.165) is 10.8 Å². The first kappa shape index (κ1) is 17.2. The molecule has 3 rings (SSSR count). The van der Waals surface area contributed by atoms with Gasteiger partial charge in [0.15, 0.2) is 0 Å². The number of hydrogen-bond acceptors (Lipinski definition) is 4. The number of fused-ring (bicyclic) bond motifs is 1. The highest BCUT2D eigenvalue weighted by molar-refractivity contribution is 7.89. The van der Waals surface area contributed by atoms with Crippen molar-refractivity contribution in [1.82, 2.24) is 10.0 Å². The van der Waals surface area contributed by atoms with Gasteiger partial charge in [0.25, 0.3) is 0 Å². The van der Waals surface area contributed by atoms with Crippen LogP contribution in [0.1, 0.15) is 12.2 Å². The summed E-state index contributed by atoms with van der Waals surface area (Å²) in [7, 11) is -3.65. The lowest BCUT2D eigenvalue weighted by molar-refractivity contribution is -0.121. The van der Waals surface area contributed by atoms with Crippen molar-refractivity contribution in [3.8, 4) is 0 Å². The van der Waals surface area contributed by atoms with Gasteiger partial charge in [-0.2, -0.15) is 0 Å². The number of amides is 1. The van der Waals surface area contributed by atoms with E-state index in [1.54, 1.807) is 30.3 Å². The largest absolute Gasteiger partial charge is 0.467 e. The van der Waals surface area contributed by atoms with Crippen LogP contribution in [0.3, 0.4) is 0 Å². The van der Waals surface area contributed by atoms with Crippen molar-refractivity contribution in [2.45, 2.75) is 17.9 Å². The number of hydrogen-bond donors (Lipinski definition) is 2. The van der Waals surface area contributed by atoms with Crippen LogP contribution in [0.2, 0.25) is 0 Å². The minimum Gasteiger partial charge on any atom is -0.467 e. The average molecular weight is 358 g/mol. The average Bonchev–Trinajstić information content (AvgIpc) is 3.13. The van der Waals surface area contributed by atoms with E-state index in [0.29, 0.717) is 5.76 Å². The van der Waals surface area contributed by atoms with Crippen molar-refractivity contribution in [3.05, 3.63) is 66.6 Å². The van der Waals surface area contributed by atoms with E-state index in [4.69, 9.17) is 4.42 Å². The highest BCUT2D eigenvalue weighted by Crippen LogP contribution is 2.18. The van der Waals surface area contributed by atoms with Crippen molar-refractivity contribution < 1.29 is 17.6 Å². The van der Waals surface area contributed by atoms with E-state index >= 15 is 0 Å². The summed E-state index contributed by atoms with van der Waals surface area (Å²) in [6, 6.07) is 16.0. The molecule has 2 N–H and O–H groups in total. The number of nitrogens with one attached hydrogen (secondary N) is 2. The number of carbonyl (C=O) groups is 1. The summed E-state index contributed by atoms with van der Waals surface area (Å²) in [5.74, 6) is 0.391. The quantitative estimate of drug-likeness (QED) is 0.679. The molecule has 0 bridgehead atoms. The number of sulfonamides is 1. The highest BCUT2D eigenvalue weighted by atomic mass is 32.2. The minimum atomic E-state index is -3.65. The van der Waals surface area contributed by atoms with Gasteiger partial charge >= 0.3 is 0 Å². The summed E-state index contributed by atoms with van der Waals surface area (Å²) in [5, 5.41) is 4.49. The molecule has 0 spiro atoms. The molecule has 130 valence electrons. The van der Waals surface area contributed by atoms with E-state index < -0.39 is 10.0 Å². The zero-order chi connectivity index (χ0) is 17.7. The lowest BCUT2D eigenvalue weighted by atomic mass is 10.1. The summed E-state index contributed by atoms with van der Waals surface area (Å²) in [4.78, 5) is 11.9. The fraction of sp³-hybridized carbons (Fsp3) is 0.167. The Bertz CT molecular complexity index is 966. The summed E-state index contributed by atoms with van der Waals surface area (Å²) < 4.78 is 32.2. The fourth-order valence-electron chi connectivity index (χ4n) is 2.40. The molecule has 0 saturated carbocycles. The van der Waals surface area contributed by atoms with Crippen molar-refractivity contribution in [1.29, 1.82) is 0 Å². The summed E-state index contributed by atoms with van der Waals surface area (Å²) in [6.45, 7) is 0.308. The second kappa shape index (κ2) is 7.50. The molecular formula is C18H18N2O4S. The summed E-state index contributed by atoms with van der Waals surface area (Å²) in [5.41, 5.74) is 0. The van der Waals surface area contributed by atoms with Gasteiger partial charge in [-0.15, -0.1) is 0 Å². The first-order valence-electron chi connectivity index (χ1n) is 7.82. The van der Waals surface area contributed by atoms with Crippen LogP contribution >= 0.6 is 0 Å². The van der Waals surface area contributed by atoms with E-state index in [1.807, 2.05) is 24.3 Å². The Morgan fingerprint density at radius 3 is 2.56 bits per heavy atom. The molecule has 0 aliphatic rings. The zero-order valence-electron chi connectivity index (χ0n) is 13.4. The van der Waals surface area contributed by atoms with Crippen LogP contribution < -0.4 is 10.0 Å².